The van der Waals surface area contributed by atoms with Gasteiger partial charge < -0.3 is 4.90 Å². The molecule has 2 heteroatoms. The molecular weight excluding hydrogens is 172 g/mol. The van der Waals surface area contributed by atoms with Gasteiger partial charge in [0.1, 0.15) is 0 Å². The third kappa shape index (κ3) is 2.28. The van der Waals surface area contributed by atoms with Crippen LogP contribution in [0.3, 0.4) is 0 Å². The lowest BCUT2D eigenvalue weighted by molar-refractivity contribution is 0.256. The van der Waals surface area contributed by atoms with Crippen molar-refractivity contribution in [3.63, 3.8) is 0 Å². The SMILES string of the molecule is N=C1CCCCN1C1CCCCCC1. The maximum atomic E-state index is 7.98. The van der Waals surface area contributed by atoms with E-state index < -0.39 is 0 Å². The molecule has 1 saturated carbocycles. The fraction of sp³-hybridized carbons (Fsp3) is 0.917. The van der Waals surface area contributed by atoms with Crippen molar-refractivity contribution in [2.24, 2.45) is 0 Å². The Kier molecular flexibility index (Phi) is 3.44. The molecule has 0 unspecified atom stereocenters. The van der Waals surface area contributed by atoms with Gasteiger partial charge in [-0.1, -0.05) is 25.7 Å². The van der Waals surface area contributed by atoms with Gasteiger partial charge in [-0.15, -0.1) is 0 Å². The minimum atomic E-state index is 0.713. The highest BCUT2D eigenvalue weighted by Crippen LogP contribution is 2.25. The summed E-state index contributed by atoms with van der Waals surface area (Å²) in [5.74, 6) is 0.920. The molecule has 0 amide bonds. The average molecular weight is 194 g/mol. The average Bonchev–Trinajstić information content (AvgIpc) is 2.47. The Morgan fingerprint density at radius 2 is 1.64 bits per heavy atom. The number of likely N-dealkylation sites (tertiary alicyclic amines) is 1. The molecule has 0 spiro atoms. The summed E-state index contributed by atoms with van der Waals surface area (Å²) in [7, 11) is 0. The highest BCUT2D eigenvalue weighted by molar-refractivity contribution is 5.80. The molecule has 1 saturated heterocycles. The maximum absolute atomic E-state index is 7.98. The van der Waals surface area contributed by atoms with E-state index in [-0.39, 0.29) is 0 Å². The van der Waals surface area contributed by atoms with Gasteiger partial charge >= 0.3 is 0 Å². The van der Waals surface area contributed by atoms with Gasteiger partial charge in [0.05, 0.1) is 5.84 Å². The maximum Gasteiger partial charge on any atom is 0.0960 e. The summed E-state index contributed by atoms with van der Waals surface area (Å²) in [4.78, 5) is 2.40. The topological polar surface area (TPSA) is 27.1 Å². The van der Waals surface area contributed by atoms with Gasteiger partial charge in [-0.2, -0.15) is 0 Å². The van der Waals surface area contributed by atoms with E-state index in [4.69, 9.17) is 5.41 Å². The minimum Gasteiger partial charge on any atom is -0.358 e. The van der Waals surface area contributed by atoms with E-state index in [1.807, 2.05) is 0 Å². The largest absolute Gasteiger partial charge is 0.358 e. The Bertz CT molecular complexity index is 192. The van der Waals surface area contributed by atoms with Gasteiger partial charge in [-0.25, -0.2) is 0 Å². The molecule has 2 fully saturated rings. The molecule has 2 nitrogen and oxygen atoms in total. The molecule has 1 N–H and O–H groups in total. The van der Waals surface area contributed by atoms with Crippen LogP contribution in [0, 0.1) is 5.41 Å². The molecule has 0 aromatic heterocycles. The fourth-order valence-electron chi connectivity index (χ4n) is 2.83. The van der Waals surface area contributed by atoms with Crippen molar-refractivity contribution in [3.05, 3.63) is 0 Å². The van der Waals surface area contributed by atoms with Gasteiger partial charge in [0, 0.05) is 19.0 Å². The van der Waals surface area contributed by atoms with Crippen molar-refractivity contribution in [2.75, 3.05) is 6.54 Å². The number of rotatable bonds is 1. The molecule has 1 aliphatic carbocycles. The van der Waals surface area contributed by atoms with Gasteiger partial charge in [-0.05, 0) is 25.7 Å². The van der Waals surface area contributed by atoms with Crippen LogP contribution in [0.4, 0.5) is 0 Å². The summed E-state index contributed by atoms with van der Waals surface area (Å²) < 4.78 is 0. The molecule has 1 aliphatic heterocycles. The normalized spacial score (nSPS) is 26.3. The van der Waals surface area contributed by atoms with Gasteiger partial charge in [0.25, 0.3) is 0 Å². The van der Waals surface area contributed by atoms with Crippen molar-refractivity contribution in [1.29, 1.82) is 5.41 Å². The van der Waals surface area contributed by atoms with E-state index >= 15 is 0 Å². The monoisotopic (exact) mass is 194 g/mol. The number of nitrogens with one attached hydrogen (secondary N) is 1. The predicted octanol–water partition coefficient (Wildman–Crippen LogP) is 3.17. The molecule has 0 bridgehead atoms. The van der Waals surface area contributed by atoms with Crippen LogP contribution in [0.1, 0.15) is 57.8 Å². The lowest BCUT2D eigenvalue weighted by Gasteiger charge is -2.36. The first-order valence-electron chi connectivity index (χ1n) is 6.22. The summed E-state index contributed by atoms with van der Waals surface area (Å²) >= 11 is 0. The molecule has 0 aromatic rings. The number of hydrogen-bond acceptors (Lipinski definition) is 1. The van der Waals surface area contributed by atoms with Crippen LogP contribution < -0.4 is 0 Å². The summed E-state index contributed by atoms with van der Waals surface area (Å²) in [6.07, 6.45) is 11.8. The van der Waals surface area contributed by atoms with Crippen LogP contribution in [0.15, 0.2) is 0 Å². The van der Waals surface area contributed by atoms with E-state index in [0.717, 1.165) is 18.8 Å². The van der Waals surface area contributed by atoms with Crippen LogP contribution in [0.5, 0.6) is 0 Å². The molecule has 80 valence electrons. The minimum absolute atomic E-state index is 0.713. The van der Waals surface area contributed by atoms with Crippen molar-refractivity contribution >= 4 is 5.84 Å². The molecule has 14 heavy (non-hydrogen) atoms. The zero-order valence-electron chi connectivity index (χ0n) is 9.10. The lowest BCUT2D eigenvalue weighted by Crippen LogP contribution is -2.42. The van der Waals surface area contributed by atoms with Gasteiger partial charge in [-0.3, -0.25) is 5.41 Å². The smallest absolute Gasteiger partial charge is 0.0960 e. The number of nitrogens with zero attached hydrogens (tertiary/aromatic N) is 1. The highest BCUT2D eigenvalue weighted by atomic mass is 15.2. The van der Waals surface area contributed by atoms with Gasteiger partial charge in [0.2, 0.25) is 0 Å². The van der Waals surface area contributed by atoms with E-state index in [1.54, 1.807) is 0 Å². The highest BCUT2D eigenvalue weighted by Gasteiger charge is 2.23. The second-order valence-electron chi connectivity index (χ2n) is 4.74. The van der Waals surface area contributed by atoms with Crippen LogP contribution in [0.2, 0.25) is 0 Å². The zero-order chi connectivity index (χ0) is 9.80. The van der Waals surface area contributed by atoms with Crippen molar-refractivity contribution < 1.29 is 0 Å². The summed E-state index contributed by atoms with van der Waals surface area (Å²) in [5.41, 5.74) is 0. The number of amidine groups is 1. The van der Waals surface area contributed by atoms with E-state index in [9.17, 15) is 0 Å². The Hall–Kier alpha value is -0.530. The zero-order valence-corrected chi connectivity index (χ0v) is 9.10. The van der Waals surface area contributed by atoms with Crippen LogP contribution >= 0.6 is 0 Å². The van der Waals surface area contributed by atoms with E-state index in [0.29, 0.717) is 6.04 Å². The standard InChI is InChI=1S/C12H22N2/c13-12-9-5-6-10-14(12)11-7-3-1-2-4-8-11/h11,13H,1-10H2. The summed E-state index contributed by atoms with van der Waals surface area (Å²) in [6, 6.07) is 0.713. The quantitative estimate of drug-likeness (QED) is 0.638. The molecule has 0 radical (unpaired) electrons. The molecule has 1 heterocycles. The molecule has 0 atom stereocenters. The number of piperidine rings is 1. The Balaban J connectivity index is 1.93. The van der Waals surface area contributed by atoms with Crippen molar-refractivity contribution in [3.8, 4) is 0 Å². The second-order valence-corrected chi connectivity index (χ2v) is 4.74. The van der Waals surface area contributed by atoms with Gasteiger partial charge in [0.15, 0.2) is 0 Å². The molecule has 2 aliphatic rings. The Labute approximate surface area is 87.2 Å². The summed E-state index contributed by atoms with van der Waals surface area (Å²) in [5, 5.41) is 7.98. The summed E-state index contributed by atoms with van der Waals surface area (Å²) in [6.45, 7) is 1.16. The predicted molar refractivity (Wildman–Crippen MR) is 59.8 cm³/mol. The third-order valence-corrected chi connectivity index (χ3v) is 3.67. The van der Waals surface area contributed by atoms with Crippen LogP contribution in [0.25, 0.3) is 0 Å². The van der Waals surface area contributed by atoms with Crippen LogP contribution in [-0.2, 0) is 0 Å². The van der Waals surface area contributed by atoms with E-state index in [1.165, 1.54) is 51.4 Å². The first-order chi connectivity index (χ1) is 6.88. The van der Waals surface area contributed by atoms with E-state index in [2.05, 4.69) is 4.90 Å². The number of hydrogen-bond donors (Lipinski definition) is 1. The molecule has 2 rings (SSSR count). The molecular formula is C12H22N2. The third-order valence-electron chi connectivity index (χ3n) is 3.67. The molecule has 0 aromatic carbocycles. The van der Waals surface area contributed by atoms with Crippen molar-refractivity contribution in [1.82, 2.24) is 4.90 Å². The lowest BCUT2D eigenvalue weighted by atomic mass is 10.0. The van der Waals surface area contributed by atoms with Crippen molar-refractivity contribution in [2.45, 2.75) is 63.8 Å². The fourth-order valence-corrected chi connectivity index (χ4v) is 2.83. The Morgan fingerprint density at radius 3 is 2.29 bits per heavy atom. The first kappa shape index (κ1) is 10.0. The Morgan fingerprint density at radius 1 is 0.929 bits per heavy atom. The van der Waals surface area contributed by atoms with Crippen LogP contribution in [-0.4, -0.2) is 23.3 Å². The first-order valence-corrected chi connectivity index (χ1v) is 6.22. The second kappa shape index (κ2) is 4.81.